The highest BCUT2D eigenvalue weighted by atomic mass is 16.3. The number of guanidine groups is 2. The monoisotopic (exact) mass is 1190 g/mol. The Morgan fingerprint density at radius 2 is 0.711 bits per heavy atom. The summed E-state index contributed by atoms with van der Waals surface area (Å²) in [5.74, 6) is -12.0. The first-order chi connectivity index (χ1) is 38.9. The highest BCUT2D eigenvalue weighted by Crippen LogP contribution is 2.10. The second-order valence-corrected chi connectivity index (χ2v) is 19.5. The molecule has 0 aliphatic heterocycles. The number of rotatable bonds is 42. The smallest absolute Gasteiger partial charge is 0.245 e. The molecule has 0 aliphatic rings. The number of aliphatic imine (C=N–C) groups is 2. The predicted molar refractivity (Wildman–Crippen MR) is 300 cm³/mol. The highest BCUT2D eigenvalue weighted by molar-refractivity contribution is 5.99. The molecule has 0 aromatic carbocycles. The lowest BCUT2D eigenvalue weighted by atomic mass is 10.0. The molecule has 12 atom stereocenters. The minimum Gasteiger partial charge on any atom is -0.394 e. The van der Waals surface area contributed by atoms with E-state index in [0.29, 0.717) is 19.3 Å². The van der Waals surface area contributed by atoms with Gasteiger partial charge in [-0.3, -0.25) is 67.5 Å². The molecule has 0 aromatic heterocycles. The van der Waals surface area contributed by atoms with Crippen molar-refractivity contribution < 1.29 is 72.9 Å². The lowest BCUT2D eigenvalue weighted by Crippen LogP contribution is -2.62. The van der Waals surface area contributed by atoms with Crippen molar-refractivity contribution in [1.82, 2.24) is 53.2 Å². The fraction of sp³-hybridized carbons (Fsp3) is 0.708. The van der Waals surface area contributed by atoms with Crippen LogP contribution in [0.3, 0.4) is 0 Å². The molecule has 12 amide bonds. The first-order valence-corrected chi connectivity index (χ1v) is 27.0. The van der Waals surface area contributed by atoms with Gasteiger partial charge in [0.1, 0.15) is 60.4 Å². The number of amides is 12. The van der Waals surface area contributed by atoms with Crippen molar-refractivity contribution in [1.29, 1.82) is 0 Å². The molecule has 0 spiro atoms. The van der Waals surface area contributed by atoms with Gasteiger partial charge in [-0.25, -0.2) is 0 Å². The zero-order valence-electron chi connectivity index (χ0n) is 47.7. The van der Waals surface area contributed by atoms with Gasteiger partial charge in [-0.05, 0) is 111 Å². The normalized spacial score (nSPS) is 15.3. The second-order valence-electron chi connectivity index (χ2n) is 19.5. The summed E-state index contributed by atoms with van der Waals surface area (Å²) in [5, 5.41) is 55.0. The standard InChI is InChI=1S/C48H90N20O15/c1-23(59-27(5)72)38(75)62-31(15-11-21-58-48(55)56)43(80)68-36(26(4)71)46(83)65-29(13-7-9-19-50)40(77)64-32(16-17-34(51)73)44(81)67-35(25(3)70)45(82)60-24(2)39(76)61-30(14-10-20-57-47(53)54)41(78)63-28(12-6-8-18-49)42(79)66-33(22-69)37(52)74/h23-26,28-33,35-36,69-71H,6-22,49-50H2,1-5H3,(H2,51,73)(H2,52,74)(H,59,72)(H,60,82)(H,61,76)(H,62,75)(H,63,78)(H,64,77)(H,65,83)(H,66,79)(H,67,81)(H,68,80)(H4,53,54,57)(H4,55,56,58)/t23-,24-,25+,26+,28-,29-,30-,31-,32-,33-,35-,36-/m0/s1. The molecule has 0 aliphatic carbocycles. The number of primary amides is 2. The van der Waals surface area contributed by atoms with Crippen molar-refractivity contribution in [2.45, 2.75) is 184 Å². The Labute approximate surface area is 480 Å². The molecular weight excluding hydrogens is 1100 g/mol. The fourth-order valence-corrected chi connectivity index (χ4v) is 7.56. The molecule has 0 saturated heterocycles. The summed E-state index contributed by atoms with van der Waals surface area (Å²) >= 11 is 0. The minimum absolute atomic E-state index is 0.00410. The van der Waals surface area contributed by atoms with Crippen molar-refractivity contribution in [3.8, 4) is 0 Å². The zero-order valence-corrected chi connectivity index (χ0v) is 47.7. The summed E-state index contributed by atoms with van der Waals surface area (Å²) in [7, 11) is 0. The molecule has 29 N–H and O–H groups in total. The number of aliphatic hydroxyl groups excluding tert-OH is 3. The van der Waals surface area contributed by atoms with Crippen LogP contribution in [-0.4, -0.2) is 204 Å². The lowest BCUT2D eigenvalue weighted by molar-refractivity contribution is -0.138. The van der Waals surface area contributed by atoms with Crippen LogP contribution in [0, 0.1) is 0 Å². The van der Waals surface area contributed by atoms with E-state index in [2.05, 4.69) is 63.2 Å². The molecule has 0 fully saturated rings. The number of carbonyl (C=O) groups is 12. The van der Waals surface area contributed by atoms with Gasteiger partial charge in [0.2, 0.25) is 70.9 Å². The number of carbonyl (C=O) groups excluding carboxylic acids is 12. The number of unbranched alkanes of at least 4 members (excludes halogenated alkanes) is 2. The number of hydrogen-bond acceptors (Lipinski definition) is 19. The number of aliphatic hydroxyl groups is 3. The van der Waals surface area contributed by atoms with E-state index in [1.807, 2.05) is 0 Å². The van der Waals surface area contributed by atoms with Gasteiger partial charge in [-0.2, -0.15) is 0 Å². The second kappa shape index (κ2) is 40.2. The quantitative estimate of drug-likeness (QED) is 0.0153. The van der Waals surface area contributed by atoms with Crippen LogP contribution < -0.4 is 99.0 Å². The van der Waals surface area contributed by atoms with Crippen LogP contribution in [0.5, 0.6) is 0 Å². The topological polar surface area (TPSA) is 619 Å². The van der Waals surface area contributed by atoms with E-state index in [-0.39, 0.29) is 83.0 Å². The predicted octanol–water partition coefficient (Wildman–Crippen LogP) is -10.2. The molecule has 0 heterocycles. The van der Waals surface area contributed by atoms with Crippen molar-refractivity contribution in [2.75, 3.05) is 32.8 Å². The third-order valence-electron chi connectivity index (χ3n) is 12.2. The van der Waals surface area contributed by atoms with Gasteiger partial charge < -0.3 is 114 Å². The third kappa shape index (κ3) is 31.1. The Balaban J connectivity index is 6.69. The highest BCUT2D eigenvalue weighted by Gasteiger charge is 2.37. The van der Waals surface area contributed by atoms with Crippen LogP contribution in [0.1, 0.15) is 112 Å². The van der Waals surface area contributed by atoms with E-state index in [1.165, 1.54) is 20.8 Å². The maximum Gasteiger partial charge on any atom is 0.245 e. The Kier molecular flexibility index (Phi) is 36.3. The summed E-state index contributed by atoms with van der Waals surface area (Å²) in [5.41, 5.74) is 43.6. The Bertz CT molecular complexity index is 2230. The Morgan fingerprint density at radius 3 is 1.04 bits per heavy atom. The van der Waals surface area contributed by atoms with Crippen LogP contribution in [-0.2, 0) is 57.5 Å². The summed E-state index contributed by atoms with van der Waals surface area (Å²) in [6.45, 7) is 5.55. The van der Waals surface area contributed by atoms with Gasteiger partial charge in [-0.15, -0.1) is 0 Å². The van der Waals surface area contributed by atoms with Crippen molar-refractivity contribution >= 4 is 82.8 Å². The van der Waals surface area contributed by atoms with Crippen LogP contribution >= 0.6 is 0 Å². The molecule has 0 aromatic rings. The van der Waals surface area contributed by atoms with E-state index < -0.39 is 163 Å². The maximum absolute atomic E-state index is 14.1. The summed E-state index contributed by atoms with van der Waals surface area (Å²) in [6, 6.07) is -15.1. The van der Waals surface area contributed by atoms with Gasteiger partial charge in [0.05, 0.1) is 18.8 Å². The first-order valence-electron chi connectivity index (χ1n) is 27.0. The maximum atomic E-state index is 14.1. The van der Waals surface area contributed by atoms with E-state index in [0.717, 1.165) is 13.8 Å². The van der Waals surface area contributed by atoms with Gasteiger partial charge in [0.25, 0.3) is 0 Å². The largest absolute Gasteiger partial charge is 0.394 e. The number of nitrogens with one attached hydrogen (secondary N) is 10. The molecular formula is C48H90N20O15. The number of nitrogens with two attached hydrogens (primary N) is 8. The van der Waals surface area contributed by atoms with Crippen molar-refractivity contribution in [3.05, 3.63) is 0 Å². The third-order valence-corrected chi connectivity index (χ3v) is 12.2. The van der Waals surface area contributed by atoms with Gasteiger partial charge >= 0.3 is 0 Å². The molecule has 0 saturated carbocycles. The molecule has 35 heteroatoms. The van der Waals surface area contributed by atoms with Crippen LogP contribution in [0.4, 0.5) is 0 Å². The Hall–Kier alpha value is -8.02. The summed E-state index contributed by atoms with van der Waals surface area (Å²) in [4.78, 5) is 166. The molecule has 0 unspecified atom stereocenters. The average Bonchev–Trinajstić information content (AvgIpc) is 3.60. The summed E-state index contributed by atoms with van der Waals surface area (Å²) < 4.78 is 0. The molecule has 83 heavy (non-hydrogen) atoms. The van der Waals surface area contributed by atoms with Crippen molar-refractivity contribution in [2.24, 2.45) is 55.9 Å². The van der Waals surface area contributed by atoms with E-state index in [1.54, 1.807) is 0 Å². The molecule has 35 nitrogen and oxygen atoms in total. The number of nitrogens with zero attached hydrogens (tertiary/aromatic N) is 2. The zero-order chi connectivity index (χ0) is 63.5. The Morgan fingerprint density at radius 1 is 0.398 bits per heavy atom. The van der Waals surface area contributed by atoms with Crippen LogP contribution in [0.2, 0.25) is 0 Å². The van der Waals surface area contributed by atoms with Gasteiger partial charge in [0.15, 0.2) is 11.9 Å². The molecule has 472 valence electrons. The van der Waals surface area contributed by atoms with E-state index >= 15 is 0 Å². The van der Waals surface area contributed by atoms with Crippen LogP contribution in [0.25, 0.3) is 0 Å². The fourth-order valence-electron chi connectivity index (χ4n) is 7.56. The lowest BCUT2D eigenvalue weighted by Gasteiger charge is -2.29. The van der Waals surface area contributed by atoms with Crippen molar-refractivity contribution in [3.63, 3.8) is 0 Å². The molecule has 0 radical (unpaired) electrons. The van der Waals surface area contributed by atoms with Gasteiger partial charge in [-0.1, -0.05) is 0 Å². The summed E-state index contributed by atoms with van der Waals surface area (Å²) in [6.07, 6.45) is -3.23. The van der Waals surface area contributed by atoms with Gasteiger partial charge in [0, 0.05) is 26.4 Å². The van der Waals surface area contributed by atoms with Crippen LogP contribution in [0.15, 0.2) is 9.98 Å². The molecule has 0 rings (SSSR count). The van der Waals surface area contributed by atoms with E-state index in [4.69, 9.17) is 45.9 Å². The average molecular weight is 1190 g/mol. The molecule has 0 bridgehead atoms. The SMILES string of the molecule is CC(=O)N[C@@H](C)C(=O)N[C@@H](CCCN=C(N)N)C(=O)N[C@H](C(=O)N[C@@H](CCCCN)C(=O)N[C@@H](CCC(N)=O)C(=O)N[C@H](C(=O)N[C@@H](C)C(=O)N[C@@H](CCCN=C(N)N)C(=O)N[C@@H](CCCCN)C(=O)N[C@@H](CO)C(N)=O)[C@@H](C)O)[C@@H](C)O. The minimum atomic E-state index is -1.87. The van der Waals surface area contributed by atoms with E-state index in [9.17, 15) is 72.9 Å². The number of hydrogen-bond donors (Lipinski definition) is 21. The first kappa shape index (κ1) is 75.0.